The van der Waals surface area contributed by atoms with Crippen molar-refractivity contribution in [1.82, 2.24) is 0 Å². The molecule has 0 fully saturated rings. The largest absolute Gasteiger partial charge is 0.316 e. The number of Topliss-reactive ketones (excluding diaryl/α,β-unsaturated/α-hetero) is 1. The standard InChI is InChI=1S/C25H27NO/c1-19(27)18-25(2,17-9-12-20-10-5-4-6-11-20)24-22-14-8-7-13-21(22)15-16-23(24)26-3/h4-16,26H,17-18H2,1-3H3/p+1/b12-9+. The quantitative estimate of drug-likeness (QED) is 0.592. The van der Waals surface area contributed by atoms with Gasteiger partial charge < -0.3 is 5.32 Å². The molecule has 2 N–H and O–H groups in total. The van der Waals surface area contributed by atoms with Gasteiger partial charge in [0, 0.05) is 17.4 Å². The average Bonchev–Trinajstić information content (AvgIpc) is 2.67. The lowest BCUT2D eigenvalue weighted by atomic mass is 9.73. The first kappa shape index (κ1) is 19.1. The van der Waals surface area contributed by atoms with Gasteiger partial charge >= 0.3 is 0 Å². The highest BCUT2D eigenvalue weighted by Crippen LogP contribution is 2.40. The number of ketones is 1. The predicted octanol–water partition coefficient (Wildman–Crippen LogP) is 5.00. The van der Waals surface area contributed by atoms with E-state index in [1.807, 2.05) is 18.2 Å². The van der Waals surface area contributed by atoms with Crippen LogP contribution in [-0.2, 0) is 10.2 Å². The van der Waals surface area contributed by atoms with Crippen molar-refractivity contribution in [2.75, 3.05) is 7.05 Å². The molecular formula is C25H28NO+. The Morgan fingerprint density at radius 3 is 2.41 bits per heavy atom. The Kier molecular flexibility index (Phi) is 5.88. The third-order valence-corrected chi connectivity index (χ3v) is 5.19. The second kappa shape index (κ2) is 8.32. The number of hydrogen-bond donors (Lipinski definition) is 1. The average molecular weight is 359 g/mol. The molecule has 0 saturated carbocycles. The molecule has 0 bridgehead atoms. The summed E-state index contributed by atoms with van der Waals surface area (Å²) >= 11 is 0. The van der Waals surface area contributed by atoms with Gasteiger partial charge in [-0.3, -0.25) is 4.79 Å². The highest BCUT2D eigenvalue weighted by atomic mass is 16.1. The minimum absolute atomic E-state index is 0.223. The second-order valence-corrected chi connectivity index (χ2v) is 7.50. The van der Waals surface area contributed by atoms with Gasteiger partial charge in [-0.2, -0.15) is 0 Å². The first-order chi connectivity index (χ1) is 13.0. The van der Waals surface area contributed by atoms with Crippen molar-refractivity contribution in [3.8, 4) is 0 Å². The predicted molar refractivity (Wildman–Crippen MR) is 114 cm³/mol. The number of benzene rings is 3. The van der Waals surface area contributed by atoms with Crippen LogP contribution in [0.3, 0.4) is 0 Å². The van der Waals surface area contributed by atoms with Crippen LogP contribution < -0.4 is 5.32 Å². The minimum atomic E-state index is -0.250. The lowest BCUT2D eigenvalue weighted by Gasteiger charge is -2.30. The summed E-state index contributed by atoms with van der Waals surface area (Å²) in [6.45, 7) is 3.91. The van der Waals surface area contributed by atoms with Crippen LogP contribution >= 0.6 is 0 Å². The summed E-state index contributed by atoms with van der Waals surface area (Å²) in [6, 6.07) is 23.1. The summed E-state index contributed by atoms with van der Waals surface area (Å²) in [5.74, 6) is 0.223. The van der Waals surface area contributed by atoms with Gasteiger partial charge in [0.25, 0.3) is 0 Å². The first-order valence-corrected chi connectivity index (χ1v) is 9.56. The lowest BCUT2D eigenvalue weighted by molar-refractivity contribution is -0.540. The van der Waals surface area contributed by atoms with Gasteiger partial charge in [-0.15, -0.1) is 0 Å². The van der Waals surface area contributed by atoms with Crippen molar-refractivity contribution < 1.29 is 10.1 Å². The molecule has 0 saturated heterocycles. The van der Waals surface area contributed by atoms with Crippen LogP contribution in [0.2, 0.25) is 0 Å². The van der Waals surface area contributed by atoms with E-state index in [9.17, 15) is 4.79 Å². The third kappa shape index (κ3) is 4.35. The van der Waals surface area contributed by atoms with Gasteiger partial charge in [0.05, 0.1) is 7.05 Å². The fourth-order valence-electron chi connectivity index (χ4n) is 4.03. The minimum Gasteiger partial charge on any atom is -0.316 e. The SMILES string of the molecule is C[NH2+]c1ccc2ccccc2c1C(C)(C/C=C/c1ccccc1)CC(C)=O. The topological polar surface area (TPSA) is 33.7 Å². The summed E-state index contributed by atoms with van der Waals surface area (Å²) in [4.78, 5) is 12.2. The van der Waals surface area contributed by atoms with Crippen LogP contribution in [0.25, 0.3) is 16.8 Å². The van der Waals surface area contributed by atoms with E-state index >= 15 is 0 Å². The number of carbonyl (C=O) groups excluding carboxylic acids is 1. The molecule has 1 unspecified atom stereocenters. The molecule has 2 heteroatoms. The Morgan fingerprint density at radius 1 is 1.00 bits per heavy atom. The molecule has 0 heterocycles. The Hall–Kier alpha value is -2.71. The molecule has 2 nitrogen and oxygen atoms in total. The van der Waals surface area contributed by atoms with Crippen LogP contribution in [-0.4, -0.2) is 12.8 Å². The third-order valence-electron chi connectivity index (χ3n) is 5.19. The Labute approximate surface area is 161 Å². The van der Waals surface area contributed by atoms with E-state index in [1.165, 1.54) is 27.6 Å². The molecular weight excluding hydrogens is 330 g/mol. The van der Waals surface area contributed by atoms with Gasteiger partial charge in [-0.05, 0) is 41.8 Å². The van der Waals surface area contributed by atoms with Gasteiger partial charge in [-0.1, -0.05) is 73.7 Å². The molecule has 0 aliphatic rings. The van der Waals surface area contributed by atoms with Crippen molar-refractivity contribution in [3.63, 3.8) is 0 Å². The normalized spacial score (nSPS) is 13.7. The molecule has 1 atom stereocenters. The number of nitrogens with two attached hydrogens (primary N) is 1. The summed E-state index contributed by atoms with van der Waals surface area (Å²) < 4.78 is 0. The van der Waals surface area contributed by atoms with Crippen molar-refractivity contribution in [1.29, 1.82) is 0 Å². The molecule has 0 amide bonds. The maximum absolute atomic E-state index is 12.2. The smallest absolute Gasteiger partial charge is 0.133 e. The van der Waals surface area contributed by atoms with Crippen LogP contribution in [0, 0.1) is 0 Å². The molecule has 3 aromatic rings. The monoisotopic (exact) mass is 358 g/mol. The van der Waals surface area contributed by atoms with Gasteiger partial charge in [0.15, 0.2) is 0 Å². The van der Waals surface area contributed by atoms with Gasteiger partial charge in [0.2, 0.25) is 0 Å². The van der Waals surface area contributed by atoms with Crippen molar-refractivity contribution in [2.45, 2.75) is 32.1 Å². The second-order valence-electron chi connectivity index (χ2n) is 7.50. The number of carbonyl (C=O) groups is 1. The van der Waals surface area contributed by atoms with Gasteiger partial charge in [-0.25, -0.2) is 0 Å². The van der Waals surface area contributed by atoms with E-state index in [-0.39, 0.29) is 11.2 Å². The molecule has 0 aliphatic carbocycles. The zero-order chi connectivity index (χ0) is 19.3. The molecule has 0 aliphatic heterocycles. The fraction of sp³-hybridized carbons (Fsp3) is 0.240. The maximum atomic E-state index is 12.2. The summed E-state index contributed by atoms with van der Waals surface area (Å²) in [6.07, 6.45) is 5.70. The number of hydrogen-bond acceptors (Lipinski definition) is 1. The number of rotatable bonds is 7. The number of allylic oxidation sites excluding steroid dienone is 1. The Balaban J connectivity index is 2.07. The van der Waals surface area contributed by atoms with E-state index in [0.717, 1.165) is 6.42 Å². The van der Waals surface area contributed by atoms with Gasteiger partial charge in [0.1, 0.15) is 11.5 Å². The van der Waals surface area contributed by atoms with Crippen LogP contribution in [0.1, 0.15) is 37.8 Å². The van der Waals surface area contributed by atoms with E-state index < -0.39 is 0 Å². The van der Waals surface area contributed by atoms with Crippen molar-refractivity contribution in [2.24, 2.45) is 0 Å². The molecule has 138 valence electrons. The zero-order valence-corrected chi connectivity index (χ0v) is 16.4. The highest BCUT2D eigenvalue weighted by Gasteiger charge is 2.32. The Morgan fingerprint density at radius 2 is 1.70 bits per heavy atom. The summed E-state index contributed by atoms with van der Waals surface area (Å²) in [5.41, 5.74) is 3.42. The maximum Gasteiger partial charge on any atom is 0.133 e. The molecule has 0 spiro atoms. The molecule has 0 radical (unpaired) electrons. The number of fused-ring (bicyclic) bond motifs is 1. The van der Waals surface area contributed by atoms with Crippen LogP contribution in [0.4, 0.5) is 5.69 Å². The van der Waals surface area contributed by atoms with E-state index in [0.29, 0.717) is 6.42 Å². The summed E-state index contributed by atoms with van der Waals surface area (Å²) in [5, 5.41) is 4.62. The first-order valence-electron chi connectivity index (χ1n) is 9.56. The Bertz CT molecular complexity index is 958. The van der Waals surface area contributed by atoms with E-state index in [4.69, 9.17) is 0 Å². The number of quaternary nitrogens is 1. The molecule has 0 aromatic heterocycles. The highest BCUT2D eigenvalue weighted by molar-refractivity contribution is 5.91. The van der Waals surface area contributed by atoms with E-state index in [2.05, 4.69) is 80.0 Å². The van der Waals surface area contributed by atoms with Crippen molar-refractivity contribution in [3.05, 3.63) is 83.9 Å². The van der Waals surface area contributed by atoms with E-state index in [1.54, 1.807) is 6.92 Å². The summed E-state index contributed by atoms with van der Waals surface area (Å²) in [7, 11) is 2.07. The fourth-order valence-corrected chi connectivity index (χ4v) is 4.03. The molecule has 27 heavy (non-hydrogen) atoms. The lowest BCUT2D eigenvalue weighted by Crippen LogP contribution is -2.73. The van der Waals surface area contributed by atoms with Crippen LogP contribution in [0.5, 0.6) is 0 Å². The molecule has 3 aromatic carbocycles. The molecule has 3 rings (SSSR count). The van der Waals surface area contributed by atoms with Crippen molar-refractivity contribution >= 4 is 28.3 Å². The van der Waals surface area contributed by atoms with Crippen LogP contribution in [0.15, 0.2) is 72.8 Å². The zero-order valence-electron chi connectivity index (χ0n) is 16.4.